The summed E-state index contributed by atoms with van der Waals surface area (Å²) in [5, 5.41) is 21.0. The summed E-state index contributed by atoms with van der Waals surface area (Å²) in [7, 11) is 0. The number of nitrogens with one attached hydrogen (secondary N) is 1. The third-order valence-electron chi connectivity index (χ3n) is 4.37. The lowest BCUT2D eigenvalue weighted by Crippen LogP contribution is -2.30. The SMILES string of the molecule is CC(CNC(=O)CSc1nnc(C2CC2)n1Cc1ccccc1)CC(=O)O. The van der Waals surface area contributed by atoms with E-state index in [-0.39, 0.29) is 24.0 Å². The summed E-state index contributed by atoms with van der Waals surface area (Å²) in [5.74, 6) is 0.627. The molecule has 144 valence electrons. The Labute approximate surface area is 162 Å². The van der Waals surface area contributed by atoms with Gasteiger partial charge in [0.2, 0.25) is 5.91 Å². The summed E-state index contributed by atoms with van der Waals surface area (Å²) in [6.07, 6.45) is 2.32. The van der Waals surface area contributed by atoms with E-state index in [1.54, 1.807) is 6.92 Å². The van der Waals surface area contributed by atoms with E-state index in [0.717, 1.165) is 23.8 Å². The van der Waals surface area contributed by atoms with Crippen molar-refractivity contribution in [1.29, 1.82) is 0 Å². The van der Waals surface area contributed by atoms with Crippen molar-refractivity contribution in [1.82, 2.24) is 20.1 Å². The van der Waals surface area contributed by atoms with Gasteiger partial charge in [0, 0.05) is 18.9 Å². The van der Waals surface area contributed by atoms with Gasteiger partial charge < -0.3 is 15.0 Å². The molecule has 1 aliphatic rings. The molecule has 1 atom stereocenters. The zero-order valence-electron chi connectivity index (χ0n) is 15.3. The van der Waals surface area contributed by atoms with E-state index >= 15 is 0 Å². The Balaban J connectivity index is 1.58. The molecular weight excluding hydrogens is 364 g/mol. The number of aliphatic carboxylic acids is 1. The van der Waals surface area contributed by atoms with Crippen LogP contribution in [0.15, 0.2) is 35.5 Å². The van der Waals surface area contributed by atoms with E-state index < -0.39 is 5.97 Å². The van der Waals surface area contributed by atoms with Gasteiger partial charge in [0.05, 0.1) is 12.3 Å². The molecule has 0 aliphatic heterocycles. The molecule has 1 heterocycles. The third kappa shape index (κ3) is 5.82. The van der Waals surface area contributed by atoms with Crippen LogP contribution < -0.4 is 5.32 Å². The van der Waals surface area contributed by atoms with E-state index in [1.165, 1.54) is 17.3 Å². The molecule has 1 aliphatic carbocycles. The van der Waals surface area contributed by atoms with E-state index in [2.05, 4.69) is 32.2 Å². The first-order valence-electron chi connectivity index (χ1n) is 9.11. The van der Waals surface area contributed by atoms with Crippen molar-refractivity contribution < 1.29 is 14.7 Å². The van der Waals surface area contributed by atoms with Crippen LogP contribution in [0.5, 0.6) is 0 Å². The highest BCUT2D eigenvalue weighted by Crippen LogP contribution is 2.40. The fourth-order valence-electron chi connectivity index (χ4n) is 2.80. The monoisotopic (exact) mass is 388 g/mol. The molecule has 0 saturated heterocycles. The van der Waals surface area contributed by atoms with Gasteiger partial charge in [-0.25, -0.2) is 0 Å². The van der Waals surface area contributed by atoms with Gasteiger partial charge in [-0.2, -0.15) is 0 Å². The highest BCUT2D eigenvalue weighted by molar-refractivity contribution is 7.99. The second-order valence-corrected chi connectivity index (χ2v) is 7.93. The molecule has 0 bridgehead atoms. The average molecular weight is 388 g/mol. The van der Waals surface area contributed by atoms with Crippen LogP contribution >= 0.6 is 11.8 Å². The Hall–Kier alpha value is -2.35. The Kier molecular flexibility index (Phi) is 6.49. The second kappa shape index (κ2) is 9.03. The maximum atomic E-state index is 12.1. The molecule has 1 aromatic carbocycles. The Morgan fingerprint density at radius 1 is 1.30 bits per heavy atom. The number of carbonyl (C=O) groups is 2. The van der Waals surface area contributed by atoms with Gasteiger partial charge in [-0.15, -0.1) is 10.2 Å². The largest absolute Gasteiger partial charge is 0.481 e. The quantitative estimate of drug-likeness (QED) is 0.607. The van der Waals surface area contributed by atoms with Crippen molar-refractivity contribution in [2.75, 3.05) is 12.3 Å². The van der Waals surface area contributed by atoms with Crippen LogP contribution in [-0.2, 0) is 16.1 Å². The van der Waals surface area contributed by atoms with Crippen LogP contribution in [0.2, 0.25) is 0 Å². The standard InChI is InChI=1S/C19H24N4O3S/c1-13(9-17(25)26)10-20-16(24)12-27-19-22-21-18(15-7-8-15)23(19)11-14-5-3-2-4-6-14/h2-6,13,15H,7-12H2,1H3,(H,20,24)(H,25,26). The lowest BCUT2D eigenvalue weighted by atomic mass is 10.1. The summed E-state index contributed by atoms with van der Waals surface area (Å²) in [4.78, 5) is 22.8. The number of rotatable bonds is 10. The molecule has 2 aromatic rings. The number of aromatic nitrogens is 3. The fraction of sp³-hybridized carbons (Fsp3) is 0.474. The predicted molar refractivity (Wildman–Crippen MR) is 103 cm³/mol. The van der Waals surface area contributed by atoms with E-state index in [4.69, 9.17) is 5.11 Å². The molecule has 1 aromatic heterocycles. The first-order valence-corrected chi connectivity index (χ1v) is 10.1. The topological polar surface area (TPSA) is 97.1 Å². The van der Waals surface area contributed by atoms with Crippen LogP contribution in [0.1, 0.15) is 43.5 Å². The second-order valence-electron chi connectivity index (χ2n) is 6.98. The van der Waals surface area contributed by atoms with Gasteiger partial charge in [-0.3, -0.25) is 9.59 Å². The van der Waals surface area contributed by atoms with Crippen LogP contribution in [-0.4, -0.2) is 44.0 Å². The molecule has 1 unspecified atom stereocenters. The zero-order chi connectivity index (χ0) is 19.2. The summed E-state index contributed by atoms with van der Waals surface area (Å²) in [6.45, 7) is 2.86. The van der Waals surface area contributed by atoms with Gasteiger partial charge in [-0.05, 0) is 24.3 Å². The molecule has 7 nitrogen and oxygen atoms in total. The lowest BCUT2D eigenvalue weighted by molar-refractivity contribution is -0.138. The molecule has 27 heavy (non-hydrogen) atoms. The predicted octanol–water partition coefficient (Wildman–Crippen LogP) is 2.52. The number of benzene rings is 1. The van der Waals surface area contributed by atoms with Crippen molar-refractivity contribution in [3.63, 3.8) is 0 Å². The highest BCUT2D eigenvalue weighted by Gasteiger charge is 2.30. The number of thioether (sulfide) groups is 1. The zero-order valence-corrected chi connectivity index (χ0v) is 16.1. The molecule has 8 heteroatoms. The van der Waals surface area contributed by atoms with Gasteiger partial charge >= 0.3 is 5.97 Å². The van der Waals surface area contributed by atoms with Gasteiger partial charge in [0.1, 0.15) is 5.82 Å². The van der Waals surface area contributed by atoms with E-state index in [9.17, 15) is 9.59 Å². The van der Waals surface area contributed by atoms with Crippen LogP contribution in [0, 0.1) is 5.92 Å². The average Bonchev–Trinajstić information content (AvgIpc) is 3.41. The maximum Gasteiger partial charge on any atom is 0.303 e. The highest BCUT2D eigenvalue weighted by atomic mass is 32.2. The lowest BCUT2D eigenvalue weighted by Gasteiger charge is -2.11. The fourth-order valence-corrected chi connectivity index (χ4v) is 3.58. The number of amides is 1. The number of hydrogen-bond acceptors (Lipinski definition) is 5. The van der Waals surface area contributed by atoms with E-state index in [1.807, 2.05) is 18.2 Å². The minimum absolute atomic E-state index is 0.0452. The third-order valence-corrected chi connectivity index (χ3v) is 5.34. The number of carbonyl (C=O) groups excluding carboxylic acids is 1. The van der Waals surface area contributed by atoms with Gasteiger partial charge in [-0.1, -0.05) is 49.0 Å². The van der Waals surface area contributed by atoms with Crippen LogP contribution in [0.4, 0.5) is 0 Å². The molecular formula is C19H24N4O3S. The summed E-state index contributed by atoms with van der Waals surface area (Å²) < 4.78 is 2.11. The molecule has 1 fully saturated rings. The maximum absolute atomic E-state index is 12.1. The first kappa shape index (κ1) is 19.4. The normalized spacial score (nSPS) is 14.7. The first-order chi connectivity index (χ1) is 13.0. The minimum atomic E-state index is -0.854. The molecule has 2 N–H and O–H groups in total. The van der Waals surface area contributed by atoms with Gasteiger partial charge in [0.25, 0.3) is 0 Å². The Bertz CT molecular complexity index is 790. The number of nitrogens with zero attached hydrogens (tertiary/aromatic N) is 3. The molecule has 1 amide bonds. The summed E-state index contributed by atoms with van der Waals surface area (Å²) >= 11 is 1.37. The minimum Gasteiger partial charge on any atom is -0.481 e. The van der Waals surface area contributed by atoms with E-state index in [0.29, 0.717) is 19.0 Å². The van der Waals surface area contributed by atoms with Gasteiger partial charge in [0.15, 0.2) is 5.16 Å². The number of hydrogen-bond donors (Lipinski definition) is 2. The Morgan fingerprint density at radius 3 is 2.70 bits per heavy atom. The van der Waals surface area contributed by atoms with Crippen LogP contribution in [0.25, 0.3) is 0 Å². The van der Waals surface area contributed by atoms with Crippen molar-refractivity contribution in [2.45, 2.75) is 43.8 Å². The van der Waals surface area contributed by atoms with Crippen molar-refractivity contribution in [3.05, 3.63) is 41.7 Å². The van der Waals surface area contributed by atoms with Crippen molar-refractivity contribution in [2.24, 2.45) is 5.92 Å². The number of carboxylic acids is 1. The molecule has 3 rings (SSSR count). The Morgan fingerprint density at radius 2 is 2.04 bits per heavy atom. The summed E-state index contributed by atoms with van der Waals surface area (Å²) in [5.41, 5.74) is 1.17. The van der Waals surface area contributed by atoms with Crippen LogP contribution in [0.3, 0.4) is 0 Å². The number of carboxylic acid groups (broad SMARTS) is 1. The van der Waals surface area contributed by atoms with Crippen molar-refractivity contribution >= 4 is 23.6 Å². The molecule has 0 radical (unpaired) electrons. The molecule has 1 saturated carbocycles. The van der Waals surface area contributed by atoms with Crippen molar-refractivity contribution in [3.8, 4) is 0 Å². The summed E-state index contributed by atoms with van der Waals surface area (Å²) in [6, 6.07) is 10.1. The smallest absolute Gasteiger partial charge is 0.303 e. The molecule has 0 spiro atoms.